The zero-order valence-corrected chi connectivity index (χ0v) is 14.1. The van der Waals surface area contributed by atoms with E-state index in [1.807, 2.05) is 29.2 Å². The number of para-hydroxylation sites is 1. The number of hydrogen-bond acceptors (Lipinski definition) is 2. The highest BCUT2D eigenvalue weighted by atomic mass is 19.1. The molecule has 0 fully saturated rings. The van der Waals surface area contributed by atoms with E-state index < -0.39 is 0 Å². The summed E-state index contributed by atoms with van der Waals surface area (Å²) in [4.78, 5) is 14.7. The summed E-state index contributed by atoms with van der Waals surface area (Å²) < 4.78 is 18.7. The van der Waals surface area contributed by atoms with Crippen molar-refractivity contribution in [1.29, 1.82) is 0 Å². The molecule has 0 saturated carbocycles. The predicted octanol–water partition coefficient (Wildman–Crippen LogP) is 4.13. The van der Waals surface area contributed by atoms with Crippen molar-refractivity contribution < 1.29 is 13.9 Å². The number of nitrogens with zero attached hydrogens (tertiary/aromatic N) is 1. The molecule has 0 bridgehead atoms. The summed E-state index contributed by atoms with van der Waals surface area (Å²) in [6.07, 6.45) is 2.86. The largest absolute Gasteiger partial charge is 0.494 e. The second-order valence-electron chi connectivity index (χ2n) is 6.25. The van der Waals surface area contributed by atoms with E-state index in [1.165, 1.54) is 18.7 Å². The van der Waals surface area contributed by atoms with Crippen molar-refractivity contribution in [3.63, 3.8) is 0 Å². The van der Waals surface area contributed by atoms with Gasteiger partial charge in [0.05, 0.1) is 7.11 Å². The fourth-order valence-electron chi connectivity index (χ4n) is 3.31. The van der Waals surface area contributed by atoms with Gasteiger partial charge in [0.1, 0.15) is 0 Å². The van der Waals surface area contributed by atoms with Gasteiger partial charge in [0, 0.05) is 18.2 Å². The van der Waals surface area contributed by atoms with E-state index in [1.54, 1.807) is 6.07 Å². The summed E-state index contributed by atoms with van der Waals surface area (Å²) in [5, 5.41) is 0. The van der Waals surface area contributed by atoms with Gasteiger partial charge in [-0.05, 0) is 55.5 Å². The Bertz CT molecular complexity index is 744. The molecule has 1 unspecified atom stereocenters. The number of fused-ring (bicyclic) bond motifs is 1. The van der Waals surface area contributed by atoms with Gasteiger partial charge in [0.25, 0.3) is 0 Å². The molecule has 0 aliphatic carbocycles. The summed E-state index contributed by atoms with van der Waals surface area (Å²) in [7, 11) is 1.44. The normalized spacial score (nSPS) is 16.6. The highest BCUT2D eigenvalue weighted by Gasteiger charge is 2.27. The van der Waals surface area contributed by atoms with Gasteiger partial charge in [-0.1, -0.05) is 24.3 Å². The van der Waals surface area contributed by atoms with Gasteiger partial charge in [0.2, 0.25) is 5.91 Å². The monoisotopic (exact) mass is 327 g/mol. The van der Waals surface area contributed by atoms with Crippen LogP contribution in [0.15, 0.2) is 42.5 Å². The summed E-state index contributed by atoms with van der Waals surface area (Å²) in [5.41, 5.74) is 3.04. The number of aryl methyl sites for hydroxylation is 2. The Morgan fingerprint density at radius 3 is 2.83 bits per heavy atom. The van der Waals surface area contributed by atoms with Gasteiger partial charge in [-0.3, -0.25) is 4.79 Å². The molecule has 3 nitrogen and oxygen atoms in total. The molecule has 1 atom stereocenters. The number of rotatable bonds is 4. The molecule has 24 heavy (non-hydrogen) atoms. The first kappa shape index (κ1) is 16.5. The van der Waals surface area contributed by atoms with Crippen molar-refractivity contribution in [1.82, 2.24) is 0 Å². The van der Waals surface area contributed by atoms with E-state index in [0.717, 1.165) is 24.1 Å². The number of anilines is 1. The molecule has 1 aliphatic rings. The SMILES string of the molecule is COc1ccc(CCC(=O)N2c3ccccc3CCC2C)cc1F. The first-order valence-corrected chi connectivity index (χ1v) is 8.32. The first-order chi connectivity index (χ1) is 11.6. The molecule has 0 spiro atoms. The zero-order valence-electron chi connectivity index (χ0n) is 14.1. The van der Waals surface area contributed by atoms with E-state index in [0.29, 0.717) is 12.8 Å². The van der Waals surface area contributed by atoms with Crippen LogP contribution in [0.4, 0.5) is 10.1 Å². The van der Waals surface area contributed by atoms with Gasteiger partial charge in [-0.15, -0.1) is 0 Å². The maximum atomic E-state index is 13.8. The number of benzene rings is 2. The number of halogens is 1. The molecule has 1 heterocycles. The molecule has 0 radical (unpaired) electrons. The van der Waals surface area contributed by atoms with E-state index in [9.17, 15) is 9.18 Å². The fourth-order valence-corrected chi connectivity index (χ4v) is 3.31. The second-order valence-corrected chi connectivity index (χ2v) is 6.25. The van der Waals surface area contributed by atoms with Gasteiger partial charge in [0.15, 0.2) is 11.6 Å². The van der Waals surface area contributed by atoms with Crippen LogP contribution in [0.2, 0.25) is 0 Å². The standard InChI is InChI=1S/C20H22FNO2/c1-14-7-10-16-5-3-4-6-18(16)22(14)20(23)12-9-15-8-11-19(24-2)17(21)13-15/h3-6,8,11,13-14H,7,9-10,12H2,1-2H3. The quantitative estimate of drug-likeness (QED) is 0.845. The number of hydrogen-bond donors (Lipinski definition) is 0. The van der Waals surface area contributed by atoms with E-state index in [-0.39, 0.29) is 23.5 Å². The van der Waals surface area contributed by atoms with Crippen LogP contribution in [-0.4, -0.2) is 19.1 Å². The third-order valence-electron chi connectivity index (χ3n) is 4.64. The maximum Gasteiger partial charge on any atom is 0.227 e. The smallest absolute Gasteiger partial charge is 0.227 e. The molecule has 2 aromatic carbocycles. The van der Waals surface area contributed by atoms with E-state index in [2.05, 4.69) is 13.0 Å². The van der Waals surface area contributed by atoms with E-state index in [4.69, 9.17) is 4.74 Å². The van der Waals surface area contributed by atoms with Crippen molar-refractivity contribution in [2.24, 2.45) is 0 Å². The van der Waals surface area contributed by atoms with Crippen molar-refractivity contribution in [2.75, 3.05) is 12.0 Å². The van der Waals surface area contributed by atoms with Gasteiger partial charge in [-0.2, -0.15) is 0 Å². The third kappa shape index (κ3) is 3.28. The number of amides is 1. The lowest BCUT2D eigenvalue weighted by atomic mass is 9.96. The van der Waals surface area contributed by atoms with Crippen LogP contribution in [0.5, 0.6) is 5.75 Å². The Hall–Kier alpha value is -2.36. The first-order valence-electron chi connectivity index (χ1n) is 8.32. The summed E-state index contributed by atoms with van der Waals surface area (Å²) >= 11 is 0. The molecule has 0 saturated heterocycles. The molecule has 2 aromatic rings. The summed E-state index contributed by atoms with van der Waals surface area (Å²) in [5.74, 6) is -0.0753. The van der Waals surface area contributed by atoms with Crippen LogP contribution in [-0.2, 0) is 17.6 Å². The molecule has 4 heteroatoms. The zero-order chi connectivity index (χ0) is 17.1. The average Bonchev–Trinajstić information content (AvgIpc) is 2.59. The highest BCUT2D eigenvalue weighted by Crippen LogP contribution is 2.31. The number of methoxy groups -OCH3 is 1. The highest BCUT2D eigenvalue weighted by molar-refractivity contribution is 5.95. The topological polar surface area (TPSA) is 29.5 Å². The van der Waals surface area contributed by atoms with Crippen molar-refractivity contribution in [3.8, 4) is 5.75 Å². The second kappa shape index (κ2) is 7.04. The lowest BCUT2D eigenvalue weighted by Crippen LogP contribution is -2.42. The van der Waals surface area contributed by atoms with E-state index >= 15 is 0 Å². The number of carbonyl (C=O) groups is 1. The molecule has 3 rings (SSSR count). The summed E-state index contributed by atoms with van der Waals surface area (Å²) in [6.45, 7) is 2.08. The molecular formula is C20H22FNO2. The van der Waals surface area contributed by atoms with Crippen LogP contribution in [0, 0.1) is 5.82 Å². The Kier molecular flexibility index (Phi) is 4.84. The number of carbonyl (C=O) groups excluding carboxylic acids is 1. The van der Waals surface area contributed by atoms with Crippen molar-refractivity contribution >= 4 is 11.6 Å². The van der Waals surface area contributed by atoms with Crippen LogP contribution < -0.4 is 9.64 Å². The Morgan fingerprint density at radius 1 is 1.29 bits per heavy atom. The lowest BCUT2D eigenvalue weighted by Gasteiger charge is -2.35. The van der Waals surface area contributed by atoms with Crippen LogP contribution in [0.3, 0.4) is 0 Å². The van der Waals surface area contributed by atoms with Crippen LogP contribution >= 0.6 is 0 Å². The van der Waals surface area contributed by atoms with Gasteiger partial charge in [-0.25, -0.2) is 4.39 Å². The Morgan fingerprint density at radius 2 is 2.08 bits per heavy atom. The van der Waals surface area contributed by atoms with Gasteiger partial charge < -0.3 is 9.64 Å². The van der Waals surface area contributed by atoms with Crippen LogP contribution in [0.1, 0.15) is 30.9 Å². The lowest BCUT2D eigenvalue weighted by molar-refractivity contribution is -0.119. The molecular weight excluding hydrogens is 305 g/mol. The molecule has 1 aliphatic heterocycles. The van der Waals surface area contributed by atoms with Gasteiger partial charge >= 0.3 is 0 Å². The molecule has 126 valence electrons. The maximum absolute atomic E-state index is 13.8. The Balaban J connectivity index is 1.72. The van der Waals surface area contributed by atoms with Crippen molar-refractivity contribution in [2.45, 2.75) is 38.6 Å². The van der Waals surface area contributed by atoms with Crippen molar-refractivity contribution in [3.05, 3.63) is 59.4 Å². The summed E-state index contributed by atoms with van der Waals surface area (Å²) in [6, 6.07) is 13.1. The number of ether oxygens (including phenoxy) is 1. The Labute approximate surface area is 142 Å². The minimum atomic E-state index is -0.390. The predicted molar refractivity (Wildman–Crippen MR) is 93.0 cm³/mol. The third-order valence-corrected chi connectivity index (χ3v) is 4.64. The average molecular weight is 327 g/mol. The molecule has 0 aromatic heterocycles. The van der Waals surface area contributed by atoms with Crippen LogP contribution in [0.25, 0.3) is 0 Å². The molecule has 1 amide bonds. The molecule has 0 N–H and O–H groups in total. The fraction of sp³-hybridized carbons (Fsp3) is 0.350. The minimum Gasteiger partial charge on any atom is -0.494 e. The minimum absolute atomic E-state index is 0.0888.